The first-order valence-electron chi connectivity index (χ1n) is 7.16. The molecule has 1 fully saturated rings. The predicted molar refractivity (Wildman–Crippen MR) is 81.3 cm³/mol. The summed E-state index contributed by atoms with van der Waals surface area (Å²) in [6.45, 7) is 2.19. The van der Waals surface area contributed by atoms with Crippen LogP contribution in [0, 0.1) is 5.82 Å². The van der Waals surface area contributed by atoms with E-state index in [1.807, 2.05) is 6.07 Å². The summed E-state index contributed by atoms with van der Waals surface area (Å²) in [4.78, 5) is 11.9. The second kappa shape index (κ2) is 7.20. The van der Waals surface area contributed by atoms with Crippen molar-refractivity contribution in [2.24, 2.45) is 0 Å². The van der Waals surface area contributed by atoms with E-state index >= 15 is 0 Å². The molecule has 0 radical (unpaired) electrons. The van der Waals surface area contributed by atoms with Crippen molar-refractivity contribution in [3.63, 3.8) is 0 Å². The van der Waals surface area contributed by atoms with Crippen molar-refractivity contribution in [3.05, 3.63) is 29.1 Å². The summed E-state index contributed by atoms with van der Waals surface area (Å²) < 4.78 is 19.8. The van der Waals surface area contributed by atoms with Gasteiger partial charge in [0.15, 0.2) is 0 Å². The minimum atomic E-state index is -0.287. The Morgan fingerprint density at radius 2 is 2.33 bits per heavy atom. The number of nitrogens with one attached hydrogen (secondary N) is 2. The predicted octanol–water partition coefficient (Wildman–Crippen LogP) is 2.40. The van der Waals surface area contributed by atoms with Crippen LogP contribution in [0.1, 0.15) is 30.4 Å². The van der Waals surface area contributed by atoms with Gasteiger partial charge >= 0.3 is 0 Å². The van der Waals surface area contributed by atoms with Crippen molar-refractivity contribution >= 4 is 24.0 Å². The highest BCUT2D eigenvalue weighted by molar-refractivity contribution is 5.91. The van der Waals surface area contributed by atoms with Gasteiger partial charge in [0.2, 0.25) is 5.91 Å². The van der Waals surface area contributed by atoms with Gasteiger partial charge in [0, 0.05) is 13.2 Å². The largest absolute Gasteiger partial charge is 0.378 e. The third-order valence-electron chi connectivity index (χ3n) is 3.92. The van der Waals surface area contributed by atoms with E-state index in [0.717, 1.165) is 37.1 Å². The fourth-order valence-corrected chi connectivity index (χ4v) is 2.84. The molecule has 1 aromatic rings. The number of ether oxygens (including phenoxy) is 1. The first-order chi connectivity index (χ1) is 9.74. The van der Waals surface area contributed by atoms with Crippen molar-refractivity contribution < 1.29 is 13.9 Å². The van der Waals surface area contributed by atoms with Crippen LogP contribution < -0.4 is 10.6 Å². The lowest BCUT2D eigenvalue weighted by Crippen LogP contribution is -2.25. The Labute approximate surface area is 129 Å². The van der Waals surface area contributed by atoms with Crippen LogP contribution in [0.2, 0.25) is 0 Å². The molecule has 0 aromatic heterocycles. The zero-order chi connectivity index (χ0) is 13.9. The number of rotatable bonds is 3. The van der Waals surface area contributed by atoms with Gasteiger partial charge in [0.1, 0.15) is 5.82 Å². The first-order valence-corrected chi connectivity index (χ1v) is 7.16. The highest BCUT2D eigenvalue weighted by Gasteiger charge is 2.21. The van der Waals surface area contributed by atoms with E-state index in [4.69, 9.17) is 4.74 Å². The van der Waals surface area contributed by atoms with Gasteiger partial charge in [-0.1, -0.05) is 6.07 Å². The molecule has 116 valence electrons. The van der Waals surface area contributed by atoms with E-state index in [0.29, 0.717) is 19.4 Å². The molecule has 0 saturated carbocycles. The molecule has 0 spiro atoms. The Morgan fingerprint density at radius 3 is 3.10 bits per heavy atom. The molecule has 1 atom stereocenters. The number of hydrogen-bond donors (Lipinski definition) is 2. The Balaban J connectivity index is 0.00000161. The number of carbonyl (C=O) groups is 1. The Kier molecular flexibility index (Phi) is 5.56. The number of benzene rings is 1. The minimum Gasteiger partial charge on any atom is -0.378 e. The third-order valence-corrected chi connectivity index (χ3v) is 3.92. The van der Waals surface area contributed by atoms with Crippen LogP contribution >= 0.6 is 12.4 Å². The number of fused-ring (bicyclic) bond motifs is 1. The van der Waals surface area contributed by atoms with Crippen molar-refractivity contribution in [3.8, 4) is 0 Å². The maximum absolute atomic E-state index is 14.4. The van der Waals surface area contributed by atoms with E-state index in [1.165, 1.54) is 0 Å². The third kappa shape index (κ3) is 3.73. The Hall–Kier alpha value is -1.17. The van der Waals surface area contributed by atoms with Gasteiger partial charge in [-0.3, -0.25) is 4.79 Å². The zero-order valence-electron chi connectivity index (χ0n) is 11.8. The van der Waals surface area contributed by atoms with Crippen molar-refractivity contribution in [2.45, 2.75) is 38.3 Å². The molecule has 2 aliphatic rings. The van der Waals surface area contributed by atoms with Crippen LogP contribution in [0.25, 0.3) is 0 Å². The lowest BCUT2D eigenvalue weighted by Gasteiger charge is -2.19. The summed E-state index contributed by atoms with van der Waals surface area (Å²) in [5, 5.41) is 5.88. The second-order valence-electron chi connectivity index (χ2n) is 5.38. The van der Waals surface area contributed by atoms with Crippen LogP contribution in [0.4, 0.5) is 10.1 Å². The highest BCUT2D eigenvalue weighted by atomic mass is 35.5. The molecule has 1 amide bonds. The lowest BCUT2D eigenvalue weighted by atomic mass is 9.99. The van der Waals surface area contributed by atoms with E-state index in [-0.39, 0.29) is 35.9 Å². The quantitative estimate of drug-likeness (QED) is 0.901. The van der Waals surface area contributed by atoms with Gasteiger partial charge in [-0.15, -0.1) is 12.4 Å². The van der Waals surface area contributed by atoms with E-state index < -0.39 is 0 Å². The summed E-state index contributed by atoms with van der Waals surface area (Å²) in [6, 6.07) is 3.53. The van der Waals surface area contributed by atoms with Crippen LogP contribution in [-0.4, -0.2) is 25.2 Å². The number of hydrogen-bond acceptors (Lipinski definition) is 3. The van der Waals surface area contributed by atoms with E-state index in [1.54, 1.807) is 6.07 Å². The average Bonchev–Trinajstić information content (AvgIpc) is 2.95. The number of amides is 1. The van der Waals surface area contributed by atoms with Gasteiger partial charge < -0.3 is 15.4 Å². The molecule has 2 aliphatic heterocycles. The van der Waals surface area contributed by atoms with Gasteiger partial charge in [-0.2, -0.15) is 0 Å². The van der Waals surface area contributed by atoms with Gasteiger partial charge in [-0.25, -0.2) is 4.39 Å². The average molecular weight is 315 g/mol. The molecule has 21 heavy (non-hydrogen) atoms. The summed E-state index contributed by atoms with van der Waals surface area (Å²) in [5.41, 5.74) is 1.98. The van der Waals surface area contributed by atoms with E-state index in [9.17, 15) is 9.18 Å². The molecule has 2 N–H and O–H groups in total. The summed E-state index contributed by atoms with van der Waals surface area (Å²) in [7, 11) is 0. The molecule has 4 nitrogen and oxygen atoms in total. The molecule has 0 aliphatic carbocycles. The topological polar surface area (TPSA) is 50.4 Å². The van der Waals surface area contributed by atoms with E-state index in [2.05, 4.69) is 10.6 Å². The fraction of sp³-hybridized carbons (Fsp3) is 0.533. The molecule has 3 rings (SSSR count). The molecule has 1 aromatic carbocycles. The highest BCUT2D eigenvalue weighted by Crippen LogP contribution is 2.25. The number of anilines is 1. The summed E-state index contributed by atoms with van der Waals surface area (Å²) in [5.74, 6) is -0.464. The molecular weight excluding hydrogens is 295 g/mol. The number of halogens is 2. The van der Waals surface area contributed by atoms with Crippen LogP contribution in [0.3, 0.4) is 0 Å². The maximum atomic E-state index is 14.4. The maximum Gasteiger partial charge on any atom is 0.227 e. The van der Waals surface area contributed by atoms with Crippen molar-refractivity contribution in [2.75, 3.05) is 18.5 Å². The minimum absolute atomic E-state index is 0. The zero-order valence-corrected chi connectivity index (χ0v) is 12.6. The van der Waals surface area contributed by atoms with Crippen LogP contribution in [0.5, 0.6) is 0 Å². The SMILES string of the molecule is Cl.O=C(CC1CCCO1)Nc1ccc2c(c1F)CCNC2. The standard InChI is InChI=1S/C15H19FN2O2.ClH/c16-15-12-5-6-17-9-10(12)3-4-13(15)18-14(19)8-11-2-1-7-20-11;/h3-4,11,17H,1-2,5-9H2,(H,18,19);1H. The lowest BCUT2D eigenvalue weighted by molar-refractivity contribution is -0.118. The molecule has 1 saturated heterocycles. The number of carbonyl (C=O) groups excluding carboxylic acids is 1. The molecule has 0 bridgehead atoms. The normalized spacial score (nSPS) is 20.5. The molecular formula is C15H20ClFN2O2. The smallest absolute Gasteiger partial charge is 0.227 e. The van der Waals surface area contributed by atoms with Crippen molar-refractivity contribution in [1.29, 1.82) is 0 Å². The Morgan fingerprint density at radius 1 is 1.48 bits per heavy atom. The van der Waals surface area contributed by atoms with Gasteiger partial charge in [0.05, 0.1) is 18.2 Å². The summed E-state index contributed by atoms with van der Waals surface area (Å²) in [6.07, 6.45) is 2.86. The monoisotopic (exact) mass is 314 g/mol. The van der Waals surface area contributed by atoms with Crippen LogP contribution in [-0.2, 0) is 22.5 Å². The first kappa shape index (κ1) is 16.2. The van der Waals surface area contributed by atoms with Gasteiger partial charge in [-0.05, 0) is 43.0 Å². The molecule has 2 heterocycles. The van der Waals surface area contributed by atoms with Crippen molar-refractivity contribution in [1.82, 2.24) is 5.32 Å². The second-order valence-corrected chi connectivity index (χ2v) is 5.38. The Bertz CT molecular complexity index is 519. The fourth-order valence-electron chi connectivity index (χ4n) is 2.84. The molecule has 1 unspecified atom stereocenters. The summed E-state index contributed by atoms with van der Waals surface area (Å²) >= 11 is 0. The molecule has 6 heteroatoms. The van der Waals surface area contributed by atoms with Gasteiger partial charge in [0.25, 0.3) is 0 Å². The van der Waals surface area contributed by atoms with Crippen LogP contribution in [0.15, 0.2) is 12.1 Å².